The van der Waals surface area contributed by atoms with Crippen molar-refractivity contribution < 1.29 is 18.0 Å². The summed E-state index contributed by atoms with van der Waals surface area (Å²) in [4.78, 5) is 14.4. The van der Waals surface area contributed by atoms with Gasteiger partial charge in [-0.05, 0) is 43.0 Å². The summed E-state index contributed by atoms with van der Waals surface area (Å²) in [5.41, 5.74) is 8.58. The molecule has 31 heavy (non-hydrogen) atoms. The van der Waals surface area contributed by atoms with Crippen LogP contribution in [0.2, 0.25) is 0 Å². The van der Waals surface area contributed by atoms with Gasteiger partial charge in [-0.1, -0.05) is 25.1 Å². The third-order valence-electron chi connectivity index (χ3n) is 5.15. The summed E-state index contributed by atoms with van der Waals surface area (Å²) < 4.78 is 40.7. The molecule has 9 heteroatoms. The van der Waals surface area contributed by atoms with Gasteiger partial charge in [-0.25, -0.2) is 0 Å². The first-order chi connectivity index (χ1) is 14.6. The third-order valence-corrected chi connectivity index (χ3v) is 6.20. The van der Waals surface area contributed by atoms with Crippen molar-refractivity contribution in [1.29, 1.82) is 0 Å². The van der Waals surface area contributed by atoms with E-state index in [-0.39, 0.29) is 18.9 Å². The average molecular weight is 451 g/mol. The van der Waals surface area contributed by atoms with Crippen molar-refractivity contribution in [1.82, 2.24) is 15.1 Å². The molecule has 3 rings (SSSR count). The molecule has 2 heterocycles. The summed E-state index contributed by atoms with van der Waals surface area (Å²) in [6, 6.07) is 6.44. The molecule has 1 amide bonds. The second kappa shape index (κ2) is 9.23. The molecule has 0 fully saturated rings. The minimum absolute atomic E-state index is 0.112. The van der Waals surface area contributed by atoms with Gasteiger partial charge in [0.05, 0.1) is 22.3 Å². The number of rotatable bonds is 7. The van der Waals surface area contributed by atoms with Crippen molar-refractivity contribution in [3.63, 3.8) is 0 Å². The smallest absolute Gasteiger partial charge is 0.347 e. The van der Waals surface area contributed by atoms with E-state index in [2.05, 4.69) is 17.3 Å². The fourth-order valence-corrected chi connectivity index (χ4v) is 4.45. The Balaban J connectivity index is 1.77. The van der Waals surface area contributed by atoms with Crippen molar-refractivity contribution in [3.8, 4) is 11.3 Å². The lowest BCUT2D eigenvalue weighted by atomic mass is 10.0. The van der Waals surface area contributed by atoms with Gasteiger partial charge >= 0.3 is 6.18 Å². The van der Waals surface area contributed by atoms with Gasteiger partial charge < -0.3 is 11.1 Å². The Hall–Kier alpha value is -2.65. The predicted molar refractivity (Wildman–Crippen MR) is 116 cm³/mol. The Morgan fingerprint density at radius 3 is 2.71 bits per heavy atom. The minimum atomic E-state index is -4.41. The average Bonchev–Trinajstić information content (AvgIpc) is 3.28. The first-order valence-electron chi connectivity index (χ1n) is 9.92. The molecule has 3 N–H and O–H groups in total. The van der Waals surface area contributed by atoms with Gasteiger partial charge in [0.15, 0.2) is 0 Å². The van der Waals surface area contributed by atoms with E-state index in [1.165, 1.54) is 17.4 Å². The first-order valence-corrected chi connectivity index (χ1v) is 10.7. The van der Waals surface area contributed by atoms with E-state index >= 15 is 0 Å². The van der Waals surface area contributed by atoms with E-state index in [0.29, 0.717) is 10.4 Å². The molecule has 166 valence electrons. The SMILES string of the molecule is CCc1cnn(C)c1-c1cc(C(=O)N[C@H](CN)Cc2cccc(C(F)(F)F)c2)sc1C. The van der Waals surface area contributed by atoms with Crippen LogP contribution in [0.25, 0.3) is 11.3 Å². The standard InChI is InChI=1S/C22H25F3N4OS/c1-4-15-12-27-29(3)20(15)18-10-19(31-13(18)2)21(30)28-17(11-26)9-14-6-5-7-16(8-14)22(23,24)25/h5-8,10,12,17H,4,9,11,26H2,1-3H3,(H,28,30)/t17-/m0/s1. The number of benzene rings is 1. The minimum Gasteiger partial charge on any atom is -0.347 e. The number of nitrogens with two attached hydrogens (primary N) is 1. The molecule has 0 saturated heterocycles. The van der Waals surface area contributed by atoms with Gasteiger partial charge in [0.2, 0.25) is 0 Å². The number of thiophene rings is 1. The zero-order chi connectivity index (χ0) is 22.8. The van der Waals surface area contributed by atoms with Crippen LogP contribution in [-0.2, 0) is 26.1 Å². The van der Waals surface area contributed by atoms with Crippen molar-refractivity contribution >= 4 is 17.2 Å². The van der Waals surface area contributed by atoms with Crippen LogP contribution in [0.3, 0.4) is 0 Å². The van der Waals surface area contributed by atoms with Crippen molar-refractivity contribution in [2.45, 2.75) is 38.9 Å². The molecule has 0 spiro atoms. The zero-order valence-corrected chi connectivity index (χ0v) is 18.4. The van der Waals surface area contributed by atoms with Gasteiger partial charge in [0.1, 0.15) is 0 Å². The van der Waals surface area contributed by atoms with E-state index in [0.717, 1.165) is 40.3 Å². The fourth-order valence-electron chi connectivity index (χ4n) is 3.53. The summed E-state index contributed by atoms with van der Waals surface area (Å²) in [6.07, 6.45) is -1.55. The molecule has 5 nitrogen and oxygen atoms in total. The number of amides is 1. The van der Waals surface area contributed by atoms with Crippen LogP contribution in [0.5, 0.6) is 0 Å². The van der Waals surface area contributed by atoms with Crippen LogP contribution in [0.4, 0.5) is 13.2 Å². The number of hydrogen-bond acceptors (Lipinski definition) is 4. The third kappa shape index (κ3) is 5.16. The number of carbonyl (C=O) groups excluding carboxylic acids is 1. The Labute approximate surface area is 183 Å². The van der Waals surface area contributed by atoms with Gasteiger partial charge in [-0.15, -0.1) is 11.3 Å². The molecule has 1 atom stereocenters. The number of aromatic nitrogens is 2. The number of nitrogens with zero attached hydrogens (tertiary/aromatic N) is 2. The number of alkyl halides is 3. The predicted octanol–water partition coefficient (Wildman–Crippen LogP) is 4.34. The number of nitrogens with one attached hydrogen (secondary N) is 1. The highest BCUT2D eigenvalue weighted by Crippen LogP contribution is 2.33. The largest absolute Gasteiger partial charge is 0.416 e. The quantitative estimate of drug-likeness (QED) is 0.563. The topological polar surface area (TPSA) is 72.9 Å². The van der Waals surface area contributed by atoms with Crippen molar-refractivity contribution in [2.75, 3.05) is 6.54 Å². The Kier molecular flexibility index (Phi) is 6.86. The summed E-state index contributed by atoms with van der Waals surface area (Å²) in [5.74, 6) is -0.290. The van der Waals surface area contributed by atoms with Gasteiger partial charge in [-0.3, -0.25) is 9.48 Å². The van der Waals surface area contributed by atoms with Crippen LogP contribution < -0.4 is 11.1 Å². The van der Waals surface area contributed by atoms with Gasteiger partial charge in [-0.2, -0.15) is 18.3 Å². The zero-order valence-electron chi connectivity index (χ0n) is 17.6. The monoisotopic (exact) mass is 450 g/mol. The highest BCUT2D eigenvalue weighted by molar-refractivity contribution is 7.14. The first kappa shape index (κ1) is 23.0. The Morgan fingerprint density at radius 1 is 1.32 bits per heavy atom. The van der Waals surface area contributed by atoms with Gasteiger partial charge in [0, 0.05) is 30.1 Å². The van der Waals surface area contributed by atoms with E-state index in [9.17, 15) is 18.0 Å². The van der Waals surface area contributed by atoms with Crippen LogP contribution in [0.15, 0.2) is 36.5 Å². The molecule has 0 bridgehead atoms. The highest BCUT2D eigenvalue weighted by Gasteiger charge is 2.30. The lowest BCUT2D eigenvalue weighted by Crippen LogP contribution is -2.41. The maximum Gasteiger partial charge on any atom is 0.416 e. The van der Waals surface area contributed by atoms with Crippen LogP contribution in [0.1, 0.15) is 38.2 Å². The maximum atomic E-state index is 13.0. The molecular weight excluding hydrogens is 425 g/mol. The van der Waals surface area contributed by atoms with Crippen LogP contribution in [0, 0.1) is 6.92 Å². The van der Waals surface area contributed by atoms with Crippen molar-refractivity contribution in [3.05, 3.63) is 63.0 Å². The Morgan fingerprint density at radius 2 is 2.06 bits per heavy atom. The molecule has 0 aliphatic rings. The Bertz CT molecular complexity index is 1070. The summed E-state index contributed by atoms with van der Waals surface area (Å²) in [5, 5.41) is 7.18. The number of halogens is 3. The van der Waals surface area contributed by atoms with E-state index < -0.39 is 17.8 Å². The second-order valence-corrected chi connectivity index (χ2v) is 8.64. The maximum absolute atomic E-state index is 13.0. The van der Waals surface area contributed by atoms with Crippen molar-refractivity contribution in [2.24, 2.45) is 12.8 Å². The van der Waals surface area contributed by atoms with Crippen LogP contribution >= 0.6 is 11.3 Å². The molecule has 0 radical (unpaired) electrons. The van der Waals surface area contributed by atoms with Crippen LogP contribution in [-0.4, -0.2) is 28.3 Å². The highest BCUT2D eigenvalue weighted by atomic mass is 32.1. The molecule has 0 unspecified atom stereocenters. The summed E-state index contributed by atoms with van der Waals surface area (Å²) >= 11 is 1.37. The van der Waals surface area contributed by atoms with E-state index in [1.54, 1.807) is 10.7 Å². The molecule has 0 aliphatic heterocycles. The number of hydrogen-bond donors (Lipinski definition) is 2. The lowest BCUT2D eigenvalue weighted by molar-refractivity contribution is -0.137. The molecule has 0 saturated carbocycles. The summed E-state index contributed by atoms with van der Waals surface area (Å²) in [7, 11) is 1.87. The van der Waals surface area contributed by atoms with Gasteiger partial charge in [0.25, 0.3) is 5.91 Å². The van der Waals surface area contributed by atoms with E-state index in [4.69, 9.17) is 5.73 Å². The molecule has 2 aromatic heterocycles. The van der Waals surface area contributed by atoms with E-state index in [1.807, 2.05) is 26.2 Å². The molecular formula is C22H25F3N4OS. The summed E-state index contributed by atoms with van der Waals surface area (Å²) in [6.45, 7) is 4.11. The second-order valence-electron chi connectivity index (χ2n) is 7.38. The lowest BCUT2D eigenvalue weighted by Gasteiger charge is -2.17. The molecule has 1 aromatic carbocycles. The number of carbonyl (C=O) groups is 1. The molecule has 3 aromatic rings. The number of aryl methyl sites for hydroxylation is 3. The molecule has 0 aliphatic carbocycles. The normalized spacial score (nSPS) is 12.7. The fraction of sp³-hybridized carbons (Fsp3) is 0.364.